The second kappa shape index (κ2) is 12.7. The predicted molar refractivity (Wildman–Crippen MR) is 118 cm³/mol. The van der Waals surface area contributed by atoms with Crippen molar-refractivity contribution in [3.05, 3.63) is 71.8 Å². The van der Waals surface area contributed by atoms with Crippen molar-refractivity contribution in [2.24, 2.45) is 5.92 Å². The number of ether oxygens (including phenoxy) is 3. The molecule has 0 fully saturated rings. The van der Waals surface area contributed by atoms with E-state index in [1.807, 2.05) is 74.5 Å². The fourth-order valence-corrected chi connectivity index (χ4v) is 3.21. The summed E-state index contributed by atoms with van der Waals surface area (Å²) in [6, 6.07) is 17.9. The number of alkyl carbamates (subject to hydrolysis) is 1. The number of carbonyl (C=O) groups is 2. The Kier molecular flexibility index (Phi) is 10.00. The van der Waals surface area contributed by atoms with Crippen molar-refractivity contribution < 1.29 is 23.8 Å². The number of amides is 2. The molecule has 7 heteroatoms. The van der Waals surface area contributed by atoms with Crippen molar-refractivity contribution in [3.63, 3.8) is 0 Å². The van der Waals surface area contributed by atoms with E-state index in [-0.39, 0.29) is 18.4 Å². The van der Waals surface area contributed by atoms with Gasteiger partial charge in [0, 0.05) is 14.2 Å². The van der Waals surface area contributed by atoms with E-state index in [0.29, 0.717) is 6.42 Å². The Morgan fingerprint density at radius 1 is 0.839 bits per heavy atom. The Bertz CT molecular complexity index is 794. The van der Waals surface area contributed by atoms with Crippen molar-refractivity contribution in [2.45, 2.75) is 45.2 Å². The van der Waals surface area contributed by atoms with E-state index < -0.39 is 24.5 Å². The molecule has 0 aliphatic rings. The first-order valence-corrected chi connectivity index (χ1v) is 10.3. The zero-order chi connectivity index (χ0) is 22.6. The Morgan fingerprint density at radius 2 is 1.39 bits per heavy atom. The highest BCUT2D eigenvalue weighted by Gasteiger charge is 2.30. The summed E-state index contributed by atoms with van der Waals surface area (Å²) in [4.78, 5) is 25.3. The Labute approximate surface area is 184 Å². The van der Waals surface area contributed by atoms with Crippen LogP contribution in [0, 0.1) is 5.92 Å². The van der Waals surface area contributed by atoms with E-state index in [1.54, 1.807) is 0 Å². The van der Waals surface area contributed by atoms with Crippen LogP contribution in [0.5, 0.6) is 0 Å². The highest BCUT2D eigenvalue weighted by molar-refractivity contribution is 5.86. The van der Waals surface area contributed by atoms with E-state index in [4.69, 9.17) is 14.2 Å². The van der Waals surface area contributed by atoms with Gasteiger partial charge >= 0.3 is 6.09 Å². The Morgan fingerprint density at radius 3 is 1.90 bits per heavy atom. The molecule has 0 aromatic heterocycles. The minimum atomic E-state index is -0.768. The van der Waals surface area contributed by atoms with Gasteiger partial charge in [-0.15, -0.1) is 0 Å². The SMILES string of the molecule is COC(OC)[C@H](Cc1ccccc1)NC(=O)[C@@H](NC(=O)OCc1ccccc1)C(C)C. The molecule has 0 spiro atoms. The first-order valence-electron chi connectivity index (χ1n) is 10.3. The third-order valence-electron chi connectivity index (χ3n) is 4.85. The number of nitrogens with one attached hydrogen (secondary N) is 2. The zero-order valence-electron chi connectivity index (χ0n) is 18.5. The minimum Gasteiger partial charge on any atom is -0.445 e. The first-order chi connectivity index (χ1) is 14.9. The monoisotopic (exact) mass is 428 g/mol. The molecule has 2 rings (SSSR count). The van der Waals surface area contributed by atoms with Gasteiger partial charge in [0.1, 0.15) is 12.6 Å². The third-order valence-corrected chi connectivity index (χ3v) is 4.85. The number of carbonyl (C=O) groups excluding carboxylic acids is 2. The topological polar surface area (TPSA) is 85.9 Å². The molecule has 0 unspecified atom stereocenters. The molecule has 0 heterocycles. The van der Waals surface area contributed by atoms with Gasteiger partial charge in [-0.2, -0.15) is 0 Å². The van der Waals surface area contributed by atoms with Crippen molar-refractivity contribution in [2.75, 3.05) is 14.2 Å². The fraction of sp³-hybridized carbons (Fsp3) is 0.417. The largest absolute Gasteiger partial charge is 0.445 e. The number of hydrogen-bond donors (Lipinski definition) is 2. The van der Waals surface area contributed by atoms with Crippen LogP contribution in [0.1, 0.15) is 25.0 Å². The molecule has 2 atom stereocenters. The van der Waals surface area contributed by atoms with Gasteiger partial charge in [-0.05, 0) is 23.5 Å². The lowest BCUT2D eigenvalue weighted by molar-refractivity contribution is -0.139. The van der Waals surface area contributed by atoms with Crippen molar-refractivity contribution in [1.82, 2.24) is 10.6 Å². The molecular formula is C24H32N2O5. The van der Waals surface area contributed by atoms with Crippen LogP contribution in [0.4, 0.5) is 4.79 Å². The number of methoxy groups -OCH3 is 2. The van der Waals surface area contributed by atoms with E-state index in [9.17, 15) is 9.59 Å². The maximum atomic E-state index is 13.0. The second-order valence-electron chi connectivity index (χ2n) is 7.57. The number of benzene rings is 2. The predicted octanol–water partition coefficient (Wildman–Crippen LogP) is 3.28. The number of rotatable bonds is 11. The van der Waals surface area contributed by atoms with Gasteiger partial charge in [-0.25, -0.2) is 4.79 Å². The molecular weight excluding hydrogens is 396 g/mol. The van der Waals surface area contributed by atoms with Gasteiger partial charge in [0.2, 0.25) is 5.91 Å². The summed E-state index contributed by atoms with van der Waals surface area (Å²) in [5.41, 5.74) is 1.90. The number of hydrogen-bond acceptors (Lipinski definition) is 5. The van der Waals surface area contributed by atoms with Gasteiger partial charge in [-0.3, -0.25) is 4.79 Å². The average Bonchev–Trinajstić information content (AvgIpc) is 2.78. The second-order valence-corrected chi connectivity index (χ2v) is 7.57. The minimum absolute atomic E-state index is 0.130. The van der Waals surface area contributed by atoms with Crippen LogP contribution in [0.3, 0.4) is 0 Å². The standard InChI is InChI=1S/C24H32N2O5/c1-17(2)21(26-24(28)31-16-19-13-9-6-10-14-19)22(27)25-20(23(29-3)30-4)15-18-11-7-5-8-12-18/h5-14,17,20-21,23H,15-16H2,1-4H3,(H,25,27)(H,26,28)/t20-,21-/m0/s1. The Hall–Kier alpha value is -2.90. The summed E-state index contributed by atoms with van der Waals surface area (Å²) < 4.78 is 16.1. The van der Waals surface area contributed by atoms with Gasteiger partial charge < -0.3 is 24.8 Å². The molecule has 31 heavy (non-hydrogen) atoms. The maximum Gasteiger partial charge on any atom is 0.408 e. The Balaban J connectivity index is 2.02. The maximum absolute atomic E-state index is 13.0. The summed E-state index contributed by atoms with van der Waals surface area (Å²) in [6.07, 6.45) is -0.767. The quantitative estimate of drug-likeness (QED) is 0.537. The fourth-order valence-electron chi connectivity index (χ4n) is 3.21. The van der Waals surface area contributed by atoms with E-state index >= 15 is 0 Å². The summed E-state index contributed by atoms with van der Waals surface area (Å²) in [6.45, 7) is 3.85. The van der Waals surface area contributed by atoms with E-state index in [0.717, 1.165) is 11.1 Å². The van der Waals surface area contributed by atoms with Gasteiger partial charge in [0.25, 0.3) is 0 Å². The lowest BCUT2D eigenvalue weighted by atomic mass is 10.0. The van der Waals surface area contributed by atoms with Gasteiger partial charge in [-0.1, -0.05) is 74.5 Å². The van der Waals surface area contributed by atoms with E-state index in [1.165, 1.54) is 14.2 Å². The molecule has 2 aromatic carbocycles. The van der Waals surface area contributed by atoms with Crippen molar-refractivity contribution >= 4 is 12.0 Å². The molecule has 0 bridgehead atoms. The summed E-state index contributed by atoms with van der Waals surface area (Å²) in [5.74, 6) is -0.475. The highest BCUT2D eigenvalue weighted by Crippen LogP contribution is 2.11. The van der Waals surface area contributed by atoms with E-state index in [2.05, 4.69) is 10.6 Å². The molecule has 168 valence electrons. The summed E-state index contributed by atoms with van der Waals surface area (Å²) in [7, 11) is 3.05. The first kappa shape index (κ1) is 24.4. The van der Waals surface area contributed by atoms with Crippen LogP contribution in [0.2, 0.25) is 0 Å². The highest BCUT2D eigenvalue weighted by atomic mass is 16.7. The normalized spacial score (nSPS) is 13.0. The summed E-state index contributed by atoms with van der Waals surface area (Å²) in [5, 5.41) is 5.64. The third kappa shape index (κ3) is 8.03. The molecule has 0 radical (unpaired) electrons. The molecule has 2 amide bonds. The van der Waals surface area contributed by atoms with Crippen LogP contribution in [0.25, 0.3) is 0 Å². The molecule has 2 N–H and O–H groups in total. The smallest absolute Gasteiger partial charge is 0.408 e. The molecule has 0 saturated carbocycles. The lowest BCUT2D eigenvalue weighted by Gasteiger charge is -2.29. The van der Waals surface area contributed by atoms with Crippen molar-refractivity contribution in [3.8, 4) is 0 Å². The van der Waals surface area contributed by atoms with Gasteiger partial charge in [0.15, 0.2) is 6.29 Å². The molecule has 7 nitrogen and oxygen atoms in total. The average molecular weight is 429 g/mol. The van der Waals surface area contributed by atoms with Crippen LogP contribution in [-0.4, -0.2) is 44.6 Å². The van der Waals surface area contributed by atoms with Crippen molar-refractivity contribution in [1.29, 1.82) is 0 Å². The summed E-state index contributed by atoms with van der Waals surface area (Å²) >= 11 is 0. The molecule has 2 aromatic rings. The van der Waals surface area contributed by atoms with Crippen LogP contribution in [-0.2, 0) is 32.0 Å². The lowest BCUT2D eigenvalue weighted by Crippen LogP contribution is -2.55. The molecule has 0 saturated heterocycles. The van der Waals surface area contributed by atoms with Gasteiger partial charge in [0.05, 0.1) is 6.04 Å². The molecule has 0 aliphatic heterocycles. The van der Waals surface area contributed by atoms with Crippen LogP contribution >= 0.6 is 0 Å². The van der Waals surface area contributed by atoms with Crippen LogP contribution < -0.4 is 10.6 Å². The van der Waals surface area contributed by atoms with Crippen LogP contribution in [0.15, 0.2) is 60.7 Å². The molecule has 0 aliphatic carbocycles. The zero-order valence-corrected chi connectivity index (χ0v) is 18.5.